The van der Waals surface area contributed by atoms with Gasteiger partial charge < -0.3 is 0 Å². The number of hydrogen-bond acceptors (Lipinski definition) is 2. The van der Waals surface area contributed by atoms with Crippen molar-refractivity contribution in [1.82, 2.24) is 9.97 Å². The van der Waals surface area contributed by atoms with Gasteiger partial charge in [-0.15, -0.1) is 0 Å². The quantitative estimate of drug-likeness (QED) is 0.647. The molecule has 2 aromatic rings. The third-order valence-electron chi connectivity index (χ3n) is 3.83. The second-order valence-electron chi connectivity index (χ2n) is 4.69. The molecule has 2 atom stereocenters. The molecule has 74 valence electrons. The lowest BCUT2D eigenvalue weighted by Gasteiger charge is -2.13. The molecule has 1 saturated carbocycles. The summed E-state index contributed by atoms with van der Waals surface area (Å²) in [6.07, 6.45) is 3.95. The van der Waals surface area contributed by atoms with E-state index in [0.29, 0.717) is 11.8 Å². The highest BCUT2D eigenvalue weighted by atomic mass is 14.9. The van der Waals surface area contributed by atoms with E-state index in [2.05, 4.69) is 12.1 Å². The second kappa shape index (κ2) is 2.57. The summed E-state index contributed by atoms with van der Waals surface area (Å²) in [5.74, 6) is 1.42. The Kier molecular flexibility index (Phi) is 1.34. The molecule has 2 heteroatoms. The number of para-hydroxylation sites is 2. The summed E-state index contributed by atoms with van der Waals surface area (Å²) >= 11 is 0. The van der Waals surface area contributed by atoms with Crippen LogP contribution in [0.15, 0.2) is 24.3 Å². The van der Waals surface area contributed by atoms with E-state index >= 15 is 0 Å². The molecule has 2 aliphatic rings. The summed E-state index contributed by atoms with van der Waals surface area (Å²) in [6, 6.07) is 8.20. The molecule has 1 aromatic carbocycles. The maximum absolute atomic E-state index is 4.78. The van der Waals surface area contributed by atoms with Gasteiger partial charge in [-0.2, -0.15) is 0 Å². The lowest BCUT2D eigenvalue weighted by atomic mass is 10.0. The number of benzene rings is 1. The van der Waals surface area contributed by atoms with E-state index in [9.17, 15) is 0 Å². The fourth-order valence-corrected chi connectivity index (χ4v) is 3.11. The molecule has 0 N–H and O–H groups in total. The van der Waals surface area contributed by atoms with Gasteiger partial charge in [-0.05, 0) is 31.4 Å². The van der Waals surface area contributed by atoms with Crippen LogP contribution in [0, 0.1) is 0 Å². The van der Waals surface area contributed by atoms with Crippen molar-refractivity contribution in [2.45, 2.75) is 31.1 Å². The first-order valence-electron chi connectivity index (χ1n) is 5.68. The Balaban J connectivity index is 2.06. The van der Waals surface area contributed by atoms with E-state index < -0.39 is 0 Å². The second-order valence-corrected chi connectivity index (χ2v) is 4.69. The van der Waals surface area contributed by atoms with Crippen LogP contribution in [0.5, 0.6) is 0 Å². The zero-order chi connectivity index (χ0) is 9.83. The standard InChI is InChI=1S/C13H12N2/c1-2-4-11-10(3-1)14-12-8-5-6-9(7-8)13(12)15-11/h1-4,8-9H,5-7H2. The van der Waals surface area contributed by atoms with Crippen molar-refractivity contribution in [2.75, 3.05) is 0 Å². The Bertz CT molecular complexity index is 499. The Labute approximate surface area is 88.4 Å². The van der Waals surface area contributed by atoms with Crippen LogP contribution in [0.3, 0.4) is 0 Å². The Morgan fingerprint density at radius 1 is 0.867 bits per heavy atom. The lowest BCUT2D eigenvalue weighted by molar-refractivity contribution is 0.685. The fourth-order valence-electron chi connectivity index (χ4n) is 3.11. The molecule has 0 aliphatic heterocycles. The van der Waals surface area contributed by atoms with Crippen LogP contribution in [0.25, 0.3) is 11.0 Å². The highest BCUT2D eigenvalue weighted by molar-refractivity contribution is 5.74. The predicted octanol–water partition coefficient (Wildman–Crippen LogP) is 2.99. The van der Waals surface area contributed by atoms with Crippen LogP contribution < -0.4 is 0 Å². The van der Waals surface area contributed by atoms with Gasteiger partial charge in [-0.1, -0.05) is 12.1 Å². The number of rotatable bonds is 0. The van der Waals surface area contributed by atoms with Crippen molar-refractivity contribution in [3.05, 3.63) is 35.7 Å². The molecule has 2 aliphatic carbocycles. The SMILES string of the molecule is c1ccc2nc3c(nc2c1)C1CCC3C1. The number of hydrogen-bond donors (Lipinski definition) is 0. The topological polar surface area (TPSA) is 25.8 Å². The first-order chi connectivity index (χ1) is 7.42. The van der Waals surface area contributed by atoms with Gasteiger partial charge in [0.05, 0.1) is 22.4 Å². The molecule has 1 heterocycles. The summed E-state index contributed by atoms with van der Waals surface area (Å²) < 4.78 is 0. The Morgan fingerprint density at radius 2 is 1.40 bits per heavy atom. The van der Waals surface area contributed by atoms with Crippen LogP contribution in [0.1, 0.15) is 42.5 Å². The van der Waals surface area contributed by atoms with Crippen molar-refractivity contribution in [1.29, 1.82) is 0 Å². The molecule has 2 bridgehead atoms. The van der Waals surface area contributed by atoms with Crippen molar-refractivity contribution >= 4 is 11.0 Å². The maximum Gasteiger partial charge on any atom is 0.0890 e. The molecule has 1 fully saturated rings. The van der Waals surface area contributed by atoms with Crippen LogP contribution in [0.2, 0.25) is 0 Å². The molecule has 0 amide bonds. The summed E-state index contributed by atoms with van der Waals surface area (Å²) in [6.45, 7) is 0. The molecule has 0 radical (unpaired) electrons. The first kappa shape index (κ1) is 7.80. The van der Waals surface area contributed by atoms with E-state index in [-0.39, 0.29) is 0 Å². The van der Waals surface area contributed by atoms with Gasteiger partial charge in [0, 0.05) is 11.8 Å². The van der Waals surface area contributed by atoms with Crippen LogP contribution in [0.4, 0.5) is 0 Å². The summed E-state index contributed by atoms with van der Waals surface area (Å²) in [7, 11) is 0. The highest BCUT2D eigenvalue weighted by Gasteiger charge is 2.39. The van der Waals surface area contributed by atoms with Crippen molar-refractivity contribution in [3.8, 4) is 0 Å². The van der Waals surface area contributed by atoms with E-state index in [1.165, 1.54) is 30.7 Å². The smallest absolute Gasteiger partial charge is 0.0890 e. The molecule has 2 nitrogen and oxygen atoms in total. The van der Waals surface area contributed by atoms with Gasteiger partial charge in [0.2, 0.25) is 0 Å². The molecule has 0 spiro atoms. The normalized spacial score (nSPS) is 27.2. The minimum Gasteiger partial charge on any atom is -0.249 e. The van der Waals surface area contributed by atoms with E-state index in [0.717, 1.165) is 11.0 Å². The average molecular weight is 196 g/mol. The molecule has 4 rings (SSSR count). The van der Waals surface area contributed by atoms with Crippen LogP contribution in [-0.4, -0.2) is 9.97 Å². The van der Waals surface area contributed by atoms with Gasteiger partial charge in [0.25, 0.3) is 0 Å². The van der Waals surface area contributed by atoms with Gasteiger partial charge in [-0.3, -0.25) is 0 Å². The maximum atomic E-state index is 4.78. The van der Waals surface area contributed by atoms with E-state index in [1.807, 2.05) is 12.1 Å². The van der Waals surface area contributed by atoms with Gasteiger partial charge in [0.15, 0.2) is 0 Å². The van der Waals surface area contributed by atoms with Crippen LogP contribution >= 0.6 is 0 Å². The van der Waals surface area contributed by atoms with Crippen molar-refractivity contribution in [3.63, 3.8) is 0 Å². The molecular weight excluding hydrogens is 184 g/mol. The molecule has 2 unspecified atom stereocenters. The minimum atomic E-state index is 0.710. The summed E-state index contributed by atoms with van der Waals surface area (Å²) in [4.78, 5) is 9.55. The third kappa shape index (κ3) is 0.942. The lowest BCUT2D eigenvalue weighted by Crippen LogP contribution is -2.04. The number of nitrogens with zero attached hydrogens (tertiary/aromatic N) is 2. The van der Waals surface area contributed by atoms with E-state index in [4.69, 9.17) is 9.97 Å². The zero-order valence-corrected chi connectivity index (χ0v) is 8.48. The fraction of sp³-hybridized carbons (Fsp3) is 0.385. The summed E-state index contributed by atoms with van der Waals surface area (Å²) in [5.41, 5.74) is 4.71. The monoisotopic (exact) mass is 196 g/mol. The molecule has 0 saturated heterocycles. The molecule has 15 heavy (non-hydrogen) atoms. The first-order valence-corrected chi connectivity index (χ1v) is 5.68. The predicted molar refractivity (Wildman–Crippen MR) is 58.9 cm³/mol. The Hall–Kier alpha value is -1.44. The van der Waals surface area contributed by atoms with Crippen LogP contribution in [-0.2, 0) is 0 Å². The highest BCUT2D eigenvalue weighted by Crippen LogP contribution is 2.51. The third-order valence-corrected chi connectivity index (χ3v) is 3.83. The van der Waals surface area contributed by atoms with E-state index in [1.54, 1.807) is 0 Å². The average Bonchev–Trinajstić information content (AvgIpc) is 2.87. The number of aromatic nitrogens is 2. The summed E-state index contributed by atoms with van der Waals surface area (Å²) in [5, 5.41) is 0. The van der Waals surface area contributed by atoms with Crippen molar-refractivity contribution < 1.29 is 0 Å². The molecule has 1 aromatic heterocycles. The minimum absolute atomic E-state index is 0.710. The Morgan fingerprint density at radius 3 is 1.93 bits per heavy atom. The molecular formula is C13H12N2. The largest absolute Gasteiger partial charge is 0.249 e. The van der Waals surface area contributed by atoms with Gasteiger partial charge >= 0.3 is 0 Å². The van der Waals surface area contributed by atoms with Gasteiger partial charge in [-0.25, -0.2) is 9.97 Å². The van der Waals surface area contributed by atoms with Crippen molar-refractivity contribution in [2.24, 2.45) is 0 Å². The van der Waals surface area contributed by atoms with Gasteiger partial charge in [0.1, 0.15) is 0 Å². The number of fused-ring (bicyclic) bond motifs is 6. The zero-order valence-electron chi connectivity index (χ0n) is 8.48.